The van der Waals surface area contributed by atoms with E-state index in [0.29, 0.717) is 5.56 Å². The van der Waals surface area contributed by atoms with Crippen LogP contribution in [-0.2, 0) is 4.79 Å². The first-order chi connectivity index (χ1) is 8.04. The van der Waals surface area contributed by atoms with Crippen LogP contribution in [0.25, 0.3) is 0 Å². The Balaban J connectivity index is 2.14. The largest absolute Gasteiger partial charge is 0.480 e. The number of carboxylic acids is 1. The molecule has 0 radical (unpaired) electrons. The third kappa shape index (κ3) is 2.27. The average molecular weight is 234 g/mol. The molecule has 2 rings (SSSR count). The number of hydrogen-bond donors (Lipinski definition) is 2. The number of carboxylic acid groups (broad SMARTS) is 1. The Morgan fingerprint density at radius 2 is 2.24 bits per heavy atom. The van der Waals surface area contributed by atoms with Gasteiger partial charge in [0, 0.05) is 12.4 Å². The topological polar surface area (TPSA) is 79.3 Å². The minimum Gasteiger partial charge on any atom is -0.480 e. The third-order valence-corrected chi connectivity index (χ3v) is 3.14. The van der Waals surface area contributed by atoms with Crippen molar-refractivity contribution in [1.29, 1.82) is 0 Å². The van der Waals surface area contributed by atoms with Crippen LogP contribution in [0.4, 0.5) is 0 Å². The molecular weight excluding hydrogens is 220 g/mol. The van der Waals surface area contributed by atoms with Gasteiger partial charge < -0.3 is 10.4 Å². The standard InChI is InChI=1S/C12H14N2O3/c1-12(11(16)17,9-4-5-9)14-10(15)8-3-2-6-13-7-8/h2-3,6-7,9H,4-5H2,1H3,(H,14,15)(H,16,17). The number of aliphatic carboxylic acids is 1. The maximum atomic E-state index is 11.9. The molecular formula is C12H14N2O3. The highest BCUT2D eigenvalue weighted by Crippen LogP contribution is 2.39. The van der Waals surface area contributed by atoms with Gasteiger partial charge in [-0.25, -0.2) is 4.79 Å². The number of carbonyl (C=O) groups is 2. The summed E-state index contributed by atoms with van der Waals surface area (Å²) in [4.78, 5) is 27.0. The summed E-state index contributed by atoms with van der Waals surface area (Å²) in [6.45, 7) is 1.56. The molecule has 1 aromatic rings. The van der Waals surface area contributed by atoms with E-state index in [0.717, 1.165) is 12.8 Å². The highest BCUT2D eigenvalue weighted by molar-refractivity contribution is 5.97. The van der Waals surface area contributed by atoms with E-state index in [1.54, 1.807) is 25.3 Å². The number of carbonyl (C=O) groups excluding carboxylic acids is 1. The van der Waals surface area contributed by atoms with E-state index < -0.39 is 17.4 Å². The van der Waals surface area contributed by atoms with Gasteiger partial charge in [-0.1, -0.05) is 0 Å². The van der Waals surface area contributed by atoms with Gasteiger partial charge in [-0.05, 0) is 37.8 Å². The molecule has 1 heterocycles. The molecule has 0 aliphatic heterocycles. The van der Waals surface area contributed by atoms with Crippen LogP contribution in [0.1, 0.15) is 30.1 Å². The van der Waals surface area contributed by atoms with E-state index in [1.807, 2.05) is 0 Å². The van der Waals surface area contributed by atoms with Crippen molar-refractivity contribution in [2.45, 2.75) is 25.3 Å². The van der Waals surface area contributed by atoms with Crippen LogP contribution in [0.3, 0.4) is 0 Å². The van der Waals surface area contributed by atoms with Crippen LogP contribution in [0.2, 0.25) is 0 Å². The average Bonchev–Trinajstić information content (AvgIpc) is 3.13. The van der Waals surface area contributed by atoms with E-state index in [9.17, 15) is 14.7 Å². The second-order valence-corrected chi connectivity index (χ2v) is 4.48. The van der Waals surface area contributed by atoms with Crippen molar-refractivity contribution in [3.8, 4) is 0 Å². The van der Waals surface area contributed by atoms with Gasteiger partial charge in [0.25, 0.3) is 5.91 Å². The first-order valence-corrected chi connectivity index (χ1v) is 5.50. The summed E-state index contributed by atoms with van der Waals surface area (Å²) in [5.74, 6) is -1.35. The lowest BCUT2D eigenvalue weighted by atomic mass is 9.95. The van der Waals surface area contributed by atoms with Gasteiger partial charge in [0.2, 0.25) is 0 Å². The zero-order chi connectivity index (χ0) is 12.5. The molecule has 1 aliphatic rings. The van der Waals surface area contributed by atoms with Gasteiger partial charge in [0.15, 0.2) is 0 Å². The number of pyridine rings is 1. The van der Waals surface area contributed by atoms with Crippen molar-refractivity contribution in [2.75, 3.05) is 0 Å². The highest BCUT2D eigenvalue weighted by Gasteiger charge is 2.48. The van der Waals surface area contributed by atoms with Crippen LogP contribution >= 0.6 is 0 Å². The normalized spacial score (nSPS) is 18.2. The smallest absolute Gasteiger partial charge is 0.329 e. The van der Waals surface area contributed by atoms with Crippen molar-refractivity contribution in [3.05, 3.63) is 30.1 Å². The Morgan fingerprint density at radius 1 is 1.53 bits per heavy atom. The van der Waals surface area contributed by atoms with E-state index in [2.05, 4.69) is 10.3 Å². The number of nitrogens with zero attached hydrogens (tertiary/aromatic N) is 1. The van der Waals surface area contributed by atoms with E-state index >= 15 is 0 Å². The molecule has 0 spiro atoms. The molecule has 1 amide bonds. The third-order valence-electron chi connectivity index (χ3n) is 3.14. The number of hydrogen-bond acceptors (Lipinski definition) is 3. The van der Waals surface area contributed by atoms with Gasteiger partial charge in [-0.2, -0.15) is 0 Å². The lowest BCUT2D eigenvalue weighted by Crippen LogP contribution is -2.54. The molecule has 1 saturated carbocycles. The fourth-order valence-electron chi connectivity index (χ4n) is 1.80. The lowest BCUT2D eigenvalue weighted by molar-refractivity contribution is -0.144. The summed E-state index contributed by atoms with van der Waals surface area (Å²) in [6, 6.07) is 3.25. The van der Waals surface area contributed by atoms with Crippen LogP contribution in [-0.4, -0.2) is 27.5 Å². The van der Waals surface area contributed by atoms with Gasteiger partial charge in [-0.15, -0.1) is 0 Å². The maximum Gasteiger partial charge on any atom is 0.329 e. The SMILES string of the molecule is CC(NC(=O)c1cccnc1)(C(=O)O)C1CC1. The van der Waals surface area contributed by atoms with Crippen molar-refractivity contribution >= 4 is 11.9 Å². The van der Waals surface area contributed by atoms with Crippen molar-refractivity contribution in [1.82, 2.24) is 10.3 Å². The minimum absolute atomic E-state index is 0.0284. The zero-order valence-electron chi connectivity index (χ0n) is 9.51. The van der Waals surface area contributed by atoms with Gasteiger partial charge in [0.05, 0.1) is 5.56 Å². The first-order valence-electron chi connectivity index (χ1n) is 5.50. The summed E-state index contributed by atoms with van der Waals surface area (Å²) in [6.07, 6.45) is 4.67. The Morgan fingerprint density at radius 3 is 2.71 bits per heavy atom. The quantitative estimate of drug-likeness (QED) is 0.816. The summed E-state index contributed by atoms with van der Waals surface area (Å²) < 4.78 is 0. The number of amides is 1. The Bertz CT molecular complexity index is 442. The van der Waals surface area contributed by atoms with Crippen molar-refractivity contribution < 1.29 is 14.7 Å². The van der Waals surface area contributed by atoms with Crippen molar-refractivity contribution in [3.63, 3.8) is 0 Å². The molecule has 1 fully saturated rings. The molecule has 0 aromatic carbocycles. The fourth-order valence-corrected chi connectivity index (χ4v) is 1.80. The number of nitrogens with one attached hydrogen (secondary N) is 1. The van der Waals surface area contributed by atoms with Crippen LogP contribution < -0.4 is 5.32 Å². The first kappa shape index (κ1) is 11.6. The highest BCUT2D eigenvalue weighted by atomic mass is 16.4. The molecule has 2 N–H and O–H groups in total. The molecule has 90 valence electrons. The molecule has 0 bridgehead atoms. The molecule has 5 nitrogen and oxygen atoms in total. The molecule has 1 aliphatic carbocycles. The van der Waals surface area contributed by atoms with Gasteiger partial charge in [-0.3, -0.25) is 9.78 Å². The Hall–Kier alpha value is -1.91. The molecule has 17 heavy (non-hydrogen) atoms. The van der Waals surface area contributed by atoms with E-state index in [4.69, 9.17) is 0 Å². The number of aromatic nitrogens is 1. The summed E-state index contributed by atoms with van der Waals surface area (Å²) in [5.41, 5.74) is -0.798. The summed E-state index contributed by atoms with van der Waals surface area (Å²) >= 11 is 0. The zero-order valence-corrected chi connectivity index (χ0v) is 9.51. The summed E-state index contributed by atoms with van der Waals surface area (Å²) in [7, 11) is 0. The fraction of sp³-hybridized carbons (Fsp3) is 0.417. The van der Waals surface area contributed by atoms with Gasteiger partial charge in [0.1, 0.15) is 5.54 Å². The van der Waals surface area contributed by atoms with Gasteiger partial charge >= 0.3 is 5.97 Å². The predicted octanol–water partition coefficient (Wildman–Crippen LogP) is 1.06. The minimum atomic E-state index is -1.17. The van der Waals surface area contributed by atoms with E-state index in [-0.39, 0.29) is 5.92 Å². The molecule has 1 unspecified atom stereocenters. The Labute approximate surface area is 98.9 Å². The molecule has 1 aromatic heterocycles. The molecule has 0 saturated heterocycles. The summed E-state index contributed by atoms with van der Waals surface area (Å²) in [5, 5.41) is 11.8. The van der Waals surface area contributed by atoms with Crippen LogP contribution in [0.5, 0.6) is 0 Å². The number of rotatable bonds is 4. The van der Waals surface area contributed by atoms with E-state index in [1.165, 1.54) is 6.20 Å². The maximum absolute atomic E-state index is 11.9. The van der Waals surface area contributed by atoms with Crippen LogP contribution in [0, 0.1) is 5.92 Å². The van der Waals surface area contributed by atoms with Crippen molar-refractivity contribution in [2.24, 2.45) is 5.92 Å². The second kappa shape index (κ2) is 4.16. The predicted molar refractivity (Wildman–Crippen MR) is 60.5 cm³/mol. The monoisotopic (exact) mass is 234 g/mol. The second-order valence-electron chi connectivity index (χ2n) is 4.48. The lowest BCUT2D eigenvalue weighted by Gasteiger charge is -2.26. The Kier molecular flexibility index (Phi) is 2.83. The molecule has 1 atom stereocenters. The van der Waals surface area contributed by atoms with Crippen LogP contribution in [0.15, 0.2) is 24.5 Å². The molecule has 5 heteroatoms.